The van der Waals surface area contributed by atoms with E-state index in [1.807, 2.05) is 6.07 Å². The van der Waals surface area contributed by atoms with Crippen molar-refractivity contribution < 1.29 is 14.7 Å². The fraction of sp³-hybridized carbons (Fsp3) is 0.250. The van der Waals surface area contributed by atoms with Gasteiger partial charge in [-0.2, -0.15) is 5.21 Å². The van der Waals surface area contributed by atoms with E-state index in [9.17, 15) is 9.59 Å². The van der Waals surface area contributed by atoms with Crippen LogP contribution in [-0.2, 0) is 11.3 Å². The van der Waals surface area contributed by atoms with Crippen molar-refractivity contribution in [3.8, 4) is 0 Å². The van der Waals surface area contributed by atoms with Crippen molar-refractivity contribution in [1.82, 2.24) is 31.3 Å². The van der Waals surface area contributed by atoms with Gasteiger partial charge in [0.15, 0.2) is 5.82 Å². The molecule has 1 atom stereocenters. The van der Waals surface area contributed by atoms with Gasteiger partial charge in [0, 0.05) is 0 Å². The summed E-state index contributed by atoms with van der Waals surface area (Å²) in [5.41, 5.74) is 0.717. The third-order valence-corrected chi connectivity index (χ3v) is 2.68. The summed E-state index contributed by atoms with van der Waals surface area (Å²) in [6.07, 6.45) is -0.209. The van der Waals surface area contributed by atoms with E-state index in [4.69, 9.17) is 5.11 Å². The number of aromatic amines is 1. The van der Waals surface area contributed by atoms with Gasteiger partial charge in [-0.05, 0) is 5.56 Å². The van der Waals surface area contributed by atoms with E-state index in [1.165, 1.54) is 0 Å². The van der Waals surface area contributed by atoms with Gasteiger partial charge in [-0.25, -0.2) is 4.79 Å². The molecule has 2 aromatic rings. The Morgan fingerprint density at radius 3 is 2.67 bits per heavy atom. The van der Waals surface area contributed by atoms with Crippen LogP contribution in [0.1, 0.15) is 23.9 Å². The smallest absolute Gasteiger partial charge is 0.315 e. The molecule has 0 fully saturated rings. The number of nitrogens with one attached hydrogen (secondary N) is 3. The second kappa shape index (κ2) is 6.98. The number of carboxylic acids is 1. The number of urea groups is 1. The highest BCUT2D eigenvalue weighted by Gasteiger charge is 2.17. The molecule has 0 bridgehead atoms. The van der Waals surface area contributed by atoms with Gasteiger partial charge in [-0.3, -0.25) is 4.79 Å². The van der Waals surface area contributed by atoms with Gasteiger partial charge in [-0.1, -0.05) is 35.5 Å². The van der Waals surface area contributed by atoms with Gasteiger partial charge in [0.25, 0.3) is 0 Å². The zero-order chi connectivity index (χ0) is 15.1. The van der Waals surface area contributed by atoms with Gasteiger partial charge in [0.1, 0.15) is 0 Å². The van der Waals surface area contributed by atoms with E-state index in [1.54, 1.807) is 24.3 Å². The Kier molecular flexibility index (Phi) is 4.80. The molecule has 1 heterocycles. The summed E-state index contributed by atoms with van der Waals surface area (Å²) in [5.74, 6) is -0.665. The summed E-state index contributed by atoms with van der Waals surface area (Å²) in [7, 11) is 0. The first kappa shape index (κ1) is 14.4. The maximum Gasteiger partial charge on any atom is 0.315 e. The molecule has 0 spiro atoms. The predicted molar refractivity (Wildman–Crippen MR) is 71.0 cm³/mol. The topological polar surface area (TPSA) is 133 Å². The number of carboxylic acid groups (broad SMARTS) is 1. The van der Waals surface area contributed by atoms with Crippen LogP contribution in [0.25, 0.3) is 0 Å². The minimum atomic E-state index is -0.998. The first-order valence-electron chi connectivity index (χ1n) is 6.18. The Labute approximate surface area is 119 Å². The zero-order valence-electron chi connectivity index (χ0n) is 11.0. The van der Waals surface area contributed by atoms with Crippen LogP contribution < -0.4 is 10.6 Å². The van der Waals surface area contributed by atoms with Crippen LogP contribution in [-0.4, -0.2) is 37.7 Å². The van der Waals surface area contributed by atoms with Crippen molar-refractivity contribution in [2.45, 2.75) is 19.0 Å². The molecule has 9 nitrogen and oxygen atoms in total. The lowest BCUT2D eigenvalue weighted by molar-refractivity contribution is -0.137. The number of carbonyl (C=O) groups is 2. The molecule has 0 radical (unpaired) electrons. The molecular formula is C12H14N6O3. The fourth-order valence-corrected chi connectivity index (χ4v) is 1.74. The standard InChI is InChI=1S/C12H14N6O3/c19-11(20)6-9(8-4-2-1-3-5-8)14-12(21)13-7-10-15-17-18-16-10/h1-5,9H,6-7H2,(H,19,20)(H2,13,14,21)(H,15,16,17,18). The molecule has 1 aromatic carbocycles. The molecule has 1 aromatic heterocycles. The number of hydrogen-bond acceptors (Lipinski definition) is 5. The SMILES string of the molecule is O=C(O)CC(NC(=O)NCc1nn[nH]n1)c1ccccc1. The van der Waals surface area contributed by atoms with Crippen molar-refractivity contribution in [3.05, 3.63) is 41.7 Å². The van der Waals surface area contributed by atoms with Crippen molar-refractivity contribution in [3.63, 3.8) is 0 Å². The first-order valence-corrected chi connectivity index (χ1v) is 6.18. The number of hydrogen-bond donors (Lipinski definition) is 4. The number of amides is 2. The summed E-state index contributed by atoms with van der Waals surface area (Å²) in [5, 5.41) is 27.1. The summed E-state index contributed by atoms with van der Waals surface area (Å²) >= 11 is 0. The van der Waals surface area contributed by atoms with Crippen molar-refractivity contribution in [2.24, 2.45) is 0 Å². The van der Waals surface area contributed by atoms with Crippen LogP contribution in [0.2, 0.25) is 0 Å². The van der Waals surface area contributed by atoms with Gasteiger partial charge >= 0.3 is 12.0 Å². The number of benzene rings is 1. The number of carbonyl (C=O) groups excluding carboxylic acids is 1. The normalized spacial score (nSPS) is 11.6. The molecule has 2 rings (SSSR count). The highest BCUT2D eigenvalue weighted by atomic mass is 16.4. The van der Waals surface area contributed by atoms with Gasteiger partial charge in [0.2, 0.25) is 0 Å². The maximum atomic E-state index is 11.8. The number of aromatic nitrogens is 4. The van der Waals surface area contributed by atoms with E-state index >= 15 is 0 Å². The Bertz CT molecular complexity index is 586. The summed E-state index contributed by atoms with van der Waals surface area (Å²) < 4.78 is 0. The summed E-state index contributed by atoms with van der Waals surface area (Å²) in [4.78, 5) is 22.7. The monoisotopic (exact) mass is 290 g/mol. The molecular weight excluding hydrogens is 276 g/mol. The minimum absolute atomic E-state index is 0.0942. The molecule has 0 aliphatic rings. The van der Waals surface area contributed by atoms with E-state index in [-0.39, 0.29) is 13.0 Å². The molecule has 1 unspecified atom stereocenters. The van der Waals surface area contributed by atoms with Gasteiger partial charge in [-0.15, -0.1) is 10.2 Å². The van der Waals surface area contributed by atoms with Crippen LogP contribution in [0.15, 0.2) is 30.3 Å². The Hall–Kier alpha value is -2.97. The summed E-state index contributed by atoms with van der Waals surface area (Å²) in [6.45, 7) is 0.0942. The molecule has 21 heavy (non-hydrogen) atoms. The lowest BCUT2D eigenvalue weighted by Crippen LogP contribution is -2.38. The molecule has 0 saturated heterocycles. The number of nitrogens with zero attached hydrogens (tertiary/aromatic N) is 3. The highest BCUT2D eigenvalue weighted by Crippen LogP contribution is 2.16. The quantitative estimate of drug-likeness (QED) is 0.601. The van der Waals surface area contributed by atoms with E-state index in [0.29, 0.717) is 5.82 Å². The molecule has 4 N–H and O–H groups in total. The third kappa shape index (κ3) is 4.56. The van der Waals surface area contributed by atoms with Crippen LogP contribution >= 0.6 is 0 Å². The van der Waals surface area contributed by atoms with Gasteiger partial charge in [0.05, 0.1) is 19.0 Å². The molecule has 9 heteroatoms. The van der Waals surface area contributed by atoms with E-state index in [0.717, 1.165) is 5.56 Å². The average Bonchev–Trinajstić information content (AvgIpc) is 2.98. The highest BCUT2D eigenvalue weighted by molar-refractivity contribution is 5.76. The van der Waals surface area contributed by atoms with Crippen molar-refractivity contribution in [2.75, 3.05) is 0 Å². The minimum Gasteiger partial charge on any atom is -0.481 e. The Morgan fingerprint density at radius 2 is 2.05 bits per heavy atom. The van der Waals surface area contributed by atoms with Crippen molar-refractivity contribution in [1.29, 1.82) is 0 Å². The summed E-state index contributed by atoms with van der Waals surface area (Å²) in [6, 6.07) is 7.77. The lowest BCUT2D eigenvalue weighted by atomic mass is 10.0. The van der Waals surface area contributed by atoms with E-state index < -0.39 is 18.0 Å². The second-order valence-corrected chi connectivity index (χ2v) is 4.22. The van der Waals surface area contributed by atoms with Crippen LogP contribution in [0, 0.1) is 0 Å². The molecule has 0 aliphatic heterocycles. The van der Waals surface area contributed by atoms with Crippen LogP contribution in [0.5, 0.6) is 0 Å². The molecule has 2 amide bonds. The zero-order valence-corrected chi connectivity index (χ0v) is 11.0. The molecule has 0 aliphatic carbocycles. The van der Waals surface area contributed by atoms with Gasteiger partial charge < -0.3 is 15.7 Å². The van der Waals surface area contributed by atoms with Crippen LogP contribution in [0.4, 0.5) is 4.79 Å². The fourth-order valence-electron chi connectivity index (χ4n) is 1.74. The van der Waals surface area contributed by atoms with Crippen molar-refractivity contribution >= 4 is 12.0 Å². The number of rotatable bonds is 6. The van der Waals surface area contributed by atoms with E-state index in [2.05, 4.69) is 31.3 Å². The largest absolute Gasteiger partial charge is 0.481 e. The number of tetrazole rings is 1. The lowest BCUT2D eigenvalue weighted by Gasteiger charge is -2.17. The predicted octanol–water partition coefficient (Wildman–Crippen LogP) is 0.215. The number of aliphatic carboxylic acids is 1. The Balaban J connectivity index is 1.94. The molecule has 110 valence electrons. The Morgan fingerprint density at radius 1 is 1.29 bits per heavy atom. The number of H-pyrrole nitrogens is 1. The first-order chi connectivity index (χ1) is 10.1. The third-order valence-electron chi connectivity index (χ3n) is 2.68. The van der Waals surface area contributed by atoms with Crippen LogP contribution in [0.3, 0.4) is 0 Å². The second-order valence-electron chi connectivity index (χ2n) is 4.22. The molecule has 0 saturated carbocycles. The average molecular weight is 290 g/mol. The maximum absolute atomic E-state index is 11.8.